The van der Waals surface area contributed by atoms with Crippen molar-refractivity contribution in [2.45, 2.75) is 0 Å². The lowest BCUT2D eigenvalue weighted by atomic mass is 10.1. The van der Waals surface area contributed by atoms with E-state index in [0.717, 1.165) is 13.1 Å². The second-order valence-electron chi connectivity index (χ2n) is 4.92. The number of aliphatic hydroxyl groups is 1. The molecule has 7 nitrogen and oxygen atoms in total. The van der Waals surface area contributed by atoms with E-state index >= 15 is 0 Å². The molecule has 1 heterocycles. The Bertz CT molecular complexity index is 507. The van der Waals surface area contributed by atoms with Crippen LogP contribution in [0.3, 0.4) is 0 Å². The lowest BCUT2D eigenvalue weighted by molar-refractivity contribution is 0.0615. The Hall–Kier alpha value is -2.12. The zero-order valence-electron chi connectivity index (χ0n) is 11.8. The van der Waals surface area contributed by atoms with E-state index in [1.54, 1.807) is 29.2 Å². The van der Waals surface area contributed by atoms with Crippen molar-refractivity contribution in [1.29, 1.82) is 0 Å². The van der Waals surface area contributed by atoms with Crippen LogP contribution in [0, 0.1) is 0 Å². The molecule has 0 aromatic heterocycles. The fourth-order valence-electron chi connectivity index (χ4n) is 2.34. The van der Waals surface area contributed by atoms with Crippen molar-refractivity contribution in [3.63, 3.8) is 0 Å². The number of amidine groups is 1. The van der Waals surface area contributed by atoms with E-state index < -0.39 is 0 Å². The lowest BCUT2D eigenvalue weighted by Crippen LogP contribution is -2.49. The van der Waals surface area contributed by atoms with Crippen LogP contribution in [0.4, 0.5) is 0 Å². The number of aliphatic hydroxyl groups excluding tert-OH is 1. The number of piperazine rings is 1. The lowest BCUT2D eigenvalue weighted by Gasteiger charge is -2.34. The summed E-state index contributed by atoms with van der Waals surface area (Å²) in [6, 6.07) is 6.67. The van der Waals surface area contributed by atoms with Gasteiger partial charge in [-0.3, -0.25) is 9.69 Å². The fraction of sp³-hybridized carbons (Fsp3) is 0.429. The Labute approximate surface area is 123 Å². The molecule has 21 heavy (non-hydrogen) atoms. The number of nitrogens with zero attached hydrogens (tertiary/aromatic N) is 3. The van der Waals surface area contributed by atoms with Crippen molar-refractivity contribution >= 4 is 11.7 Å². The summed E-state index contributed by atoms with van der Waals surface area (Å²) in [5.41, 5.74) is 6.64. The molecule has 1 aliphatic rings. The number of rotatable bonds is 4. The van der Waals surface area contributed by atoms with E-state index in [1.165, 1.54) is 0 Å². The van der Waals surface area contributed by atoms with Gasteiger partial charge in [-0.25, -0.2) is 0 Å². The summed E-state index contributed by atoms with van der Waals surface area (Å²) < 4.78 is 0. The molecular formula is C14H20N4O3. The largest absolute Gasteiger partial charge is 0.409 e. The van der Waals surface area contributed by atoms with Crippen molar-refractivity contribution in [3.8, 4) is 0 Å². The molecule has 1 aromatic carbocycles. The van der Waals surface area contributed by atoms with Crippen molar-refractivity contribution in [2.24, 2.45) is 10.9 Å². The molecule has 1 fully saturated rings. The zero-order chi connectivity index (χ0) is 15.2. The minimum absolute atomic E-state index is 0.0200. The molecule has 1 aliphatic heterocycles. The number of hydrogen-bond donors (Lipinski definition) is 3. The molecule has 7 heteroatoms. The smallest absolute Gasteiger partial charge is 0.253 e. The van der Waals surface area contributed by atoms with Crippen LogP contribution in [0.25, 0.3) is 0 Å². The number of hydrogen-bond acceptors (Lipinski definition) is 5. The van der Waals surface area contributed by atoms with Crippen LogP contribution in [-0.4, -0.2) is 71.2 Å². The molecule has 0 spiro atoms. The summed E-state index contributed by atoms with van der Waals surface area (Å²) in [7, 11) is 0. The van der Waals surface area contributed by atoms with E-state index in [1.807, 2.05) is 0 Å². The first kappa shape index (κ1) is 15.3. The van der Waals surface area contributed by atoms with Crippen LogP contribution >= 0.6 is 0 Å². The third-order valence-electron chi connectivity index (χ3n) is 3.61. The summed E-state index contributed by atoms with van der Waals surface area (Å²) >= 11 is 0. The number of benzene rings is 1. The van der Waals surface area contributed by atoms with E-state index in [-0.39, 0.29) is 18.3 Å². The normalized spacial score (nSPS) is 17.0. The molecule has 0 aliphatic carbocycles. The summed E-state index contributed by atoms with van der Waals surface area (Å²) in [5, 5.41) is 20.4. The van der Waals surface area contributed by atoms with Gasteiger partial charge in [0.2, 0.25) is 0 Å². The van der Waals surface area contributed by atoms with Gasteiger partial charge in [-0.2, -0.15) is 0 Å². The number of carbonyl (C=O) groups excluding carboxylic acids is 1. The van der Waals surface area contributed by atoms with Gasteiger partial charge in [0.1, 0.15) is 0 Å². The van der Waals surface area contributed by atoms with Gasteiger partial charge in [-0.1, -0.05) is 17.3 Å². The predicted molar refractivity (Wildman–Crippen MR) is 78.4 cm³/mol. The minimum Gasteiger partial charge on any atom is -0.409 e. The number of carbonyl (C=O) groups is 1. The van der Waals surface area contributed by atoms with Gasteiger partial charge in [0.15, 0.2) is 5.84 Å². The van der Waals surface area contributed by atoms with Gasteiger partial charge < -0.3 is 20.9 Å². The molecular weight excluding hydrogens is 272 g/mol. The quantitative estimate of drug-likeness (QED) is 0.301. The zero-order valence-corrected chi connectivity index (χ0v) is 11.8. The summed E-state index contributed by atoms with van der Waals surface area (Å²) in [6.45, 7) is 3.64. The Kier molecular flexibility index (Phi) is 5.13. The molecule has 0 radical (unpaired) electrons. The van der Waals surface area contributed by atoms with Crippen LogP contribution in [0.2, 0.25) is 0 Å². The molecule has 0 saturated carbocycles. The van der Waals surface area contributed by atoms with E-state index in [4.69, 9.17) is 16.0 Å². The van der Waals surface area contributed by atoms with Crippen LogP contribution < -0.4 is 5.73 Å². The minimum atomic E-state index is -0.0234. The Morgan fingerprint density at radius 1 is 1.14 bits per heavy atom. The molecule has 2 rings (SSSR count). The van der Waals surface area contributed by atoms with E-state index in [0.29, 0.717) is 30.8 Å². The first-order valence-electron chi connectivity index (χ1n) is 6.86. The first-order chi connectivity index (χ1) is 10.2. The van der Waals surface area contributed by atoms with Crippen LogP contribution in [0.1, 0.15) is 15.9 Å². The molecule has 1 saturated heterocycles. The number of β-amino-alcohol motifs (C(OH)–C–C–N with tert-alkyl or cyclic N) is 1. The van der Waals surface area contributed by atoms with Crippen molar-refractivity contribution < 1.29 is 15.1 Å². The second-order valence-corrected chi connectivity index (χ2v) is 4.92. The van der Waals surface area contributed by atoms with E-state index in [9.17, 15) is 4.79 Å². The van der Waals surface area contributed by atoms with Crippen LogP contribution in [-0.2, 0) is 0 Å². The van der Waals surface area contributed by atoms with Gasteiger partial charge in [0, 0.05) is 43.9 Å². The number of oxime groups is 1. The molecule has 1 aromatic rings. The van der Waals surface area contributed by atoms with E-state index in [2.05, 4.69) is 10.1 Å². The molecule has 114 valence electrons. The van der Waals surface area contributed by atoms with Crippen molar-refractivity contribution in [3.05, 3.63) is 35.4 Å². The van der Waals surface area contributed by atoms with Crippen LogP contribution in [0.15, 0.2) is 29.4 Å². The molecule has 0 bridgehead atoms. The average Bonchev–Trinajstić information content (AvgIpc) is 2.54. The molecule has 0 unspecified atom stereocenters. The maximum Gasteiger partial charge on any atom is 0.253 e. The SMILES string of the molecule is N/C(=N\O)c1ccc(C(=O)N2CCN(CCO)CC2)cc1. The fourth-order valence-corrected chi connectivity index (χ4v) is 2.34. The Morgan fingerprint density at radius 2 is 1.71 bits per heavy atom. The average molecular weight is 292 g/mol. The molecule has 0 atom stereocenters. The topological polar surface area (TPSA) is 102 Å². The highest BCUT2D eigenvalue weighted by atomic mass is 16.4. The highest BCUT2D eigenvalue weighted by Crippen LogP contribution is 2.10. The maximum absolute atomic E-state index is 12.4. The summed E-state index contributed by atoms with van der Waals surface area (Å²) in [5.74, 6) is -0.00340. The first-order valence-corrected chi connectivity index (χ1v) is 6.86. The predicted octanol–water partition coefficient (Wildman–Crippen LogP) is -0.469. The van der Waals surface area contributed by atoms with Crippen molar-refractivity contribution in [1.82, 2.24) is 9.80 Å². The van der Waals surface area contributed by atoms with Gasteiger partial charge in [-0.15, -0.1) is 0 Å². The molecule has 4 N–H and O–H groups in total. The van der Waals surface area contributed by atoms with Gasteiger partial charge in [-0.05, 0) is 12.1 Å². The monoisotopic (exact) mass is 292 g/mol. The van der Waals surface area contributed by atoms with Gasteiger partial charge in [0.25, 0.3) is 5.91 Å². The number of amides is 1. The third kappa shape index (κ3) is 3.71. The Balaban J connectivity index is 1.98. The summed E-state index contributed by atoms with van der Waals surface area (Å²) in [6.07, 6.45) is 0. The van der Waals surface area contributed by atoms with Gasteiger partial charge >= 0.3 is 0 Å². The highest BCUT2D eigenvalue weighted by molar-refractivity contribution is 5.99. The number of nitrogens with two attached hydrogens (primary N) is 1. The van der Waals surface area contributed by atoms with Gasteiger partial charge in [0.05, 0.1) is 6.61 Å². The second kappa shape index (κ2) is 7.05. The maximum atomic E-state index is 12.4. The standard InChI is InChI=1S/C14H20N4O3/c15-13(16-21)11-1-3-12(4-2-11)14(20)18-7-5-17(6-8-18)9-10-19/h1-4,19,21H,5-10H2,(H2,15,16). The molecule has 1 amide bonds. The Morgan fingerprint density at radius 3 is 2.24 bits per heavy atom. The van der Waals surface area contributed by atoms with Crippen LogP contribution in [0.5, 0.6) is 0 Å². The highest BCUT2D eigenvalue weighted by Gasteiger charge is 2.21. The third-order valence-corrected chi connectivity index (χ3v) is 3.61. The van der Waals surface area contributed by atoms with Crippen molar-refractivity contribution in [2.75, 3.05) is 39.3 Å². The summed E-state index contributed by atoms with van der Waals surface area (Å²) in [4.78, 5) is 16.3.